The molecule has 2 fully saturated rings. The topological polar surface area (TPSA) is 38.8 Å². The molecular formula is C19H38N4O. The van der Waals surface area contributed by atoms with E-state index < -0.39 is 0 Å². The fourth-order valence-corrected chi connectivity index (χ4v) is 4.17. The Balaban J connectivity index is 1.52. The van der Waals surface area contributed by atoms with Gasteiger partial charge in [0.25, 0.3) is 0 Å². The molecule has 0 radical (unpaired) electrons. The van der Waals surface area contributed by atoms with Crippen LogP contribution in [0.2, 0.25) is 0 Å². The van der Waals surface area contributed by atoms with Crippen LogP contribution in [0.5, 0.6) is 0 Å². The first-order valence-corrected chi connectivity index (χ1v) is 9.97. The van der Waals surface area contributed by atoms with Gasteiger partial charge in [-0.05, 0) is 77.8 Å². The number of piperidine rings is 2. The molecular weight excluding hydrogens is 300 g/mol. The van der Waals surface area contributed by atoms with E-state index >= 15 is 0 Å². The third kappa shape index (κ3) is 7.08. The van der Waals surface area contributed by atoms with Crippen molar-refractivity contribution in [2.45, 2.75) is 52.0 Å². The van der Waals surface area contributed by atoms with Crippen LogP contribution in [0.25, 0.3) is 0 Å². The Bertz CT molecular complexity index is 360. The molecule has 2 aliphatic rings. The van der Waals surface area contributed by atoms with Gasteiger partial charge in [0.05, 0.1) is 0 Å². The molecule has 140 valence electrons. The van der Waals surface area contributed by atoms with Gasteiger partial charge in [-0.2, -0.15) is 0 Å². The summed E-state index contributed by atoms with van der Waals surface area (Å²) < 4.78 is 0. The SMILES string of the molecule is CCN1CCC(CN(C)CCCN2CCC(NC(C)=O)CC2)CC1. The second kappa shape index (κ2) is 10.4. The minimum atomic E-state index is 0.111. The summed E-state index contributed by atoms with van der Waals surface area (Å²) in [4.78, 5) is 18.8. The van der Waals surface area contributed by atoms with Gasteiger partial charge in [0.1, 0.15) is 0 Å². The standard InChI is InChI=1S/C19H38N4O/c1-4-22-12-6-18(7-13-22)16-21(3)10-5-11-23-14-8-19(9-15-23)20-17(2)24/h18-19H,4-16H2,1-3H3,(H,20,24). The molecule has 0 aromatic heterocycles. The molecule has 2 heterocycles. The monoisotopic (exact) mass is 338 g/mol. The zero-order valence-electron chi connectivity index (χ0n) is 16.1. The van der Waals surface area contributed by atoms with Gasteiger partial charge in [0, 0.05) is 32.6 Å². The lowest BCUT2D eigenvalue weighted by atomic mass is 9.96. The maximum atomic E-state index is 11.1. The van der Waals surface area contributed by atoms with Crippen LogP contribution < -0.4 is 5.32 Å². The number of nitrogens with one attached hydrogen (secondary N) is 1. The molecule has 0 saturated carbocycles. The van der Waals surface area contributed by atoms with Gasteiger partial charge in [-0.25, -0.2) is 0 Å². The van der Waals surface area contributed by atoms with Crippen molar-refractivity contribution < 1.29 is 4.79 Å². The predicted octanol–water partition coefficient (Wildman–Crippen LogP) is 1.64. The number of nitrogens with zero attached hydrogens (tertiary/aromatic N) is 3. The van der Waals surface area contributed by atoms with Crippen LogP contribution in [-0.4, -0.2) is 86.1 Å². The lowest BCUT2D eigenvalue weighted by molar-refractivity contribution is -0.119. The van der Waals surface area contributed by atoms with Crippen molar-refractivity contribution in [3.8, 4) is 0 Å². The van der Waals surface area contributed by atoms with Crippen LogP contribution in [0, 0.1) is 5.92 Å². The second-order valence-electron chi connectivity index (χ2n) is 7.81. The van der Waals surface area contributed by atoms with E-state index in [0.29, 0.717) is 6.04 Å². The maximum Gasteiger partial charge on any atom is 0.217 e. The van der Waals surface area contributed by atoms with Crippen LogP contribution in [0.3, 0.4) is 0 Å². The van der Waals surface area contributed by atoms with Crippen molar-refractivity contribution in [1.29, 1.82) is 0 Å². The number of rotatable bonds is 8. The van der Waals surface area contributed by atoms with Gasteiger partial charge in [-0.3, -0.25) is 4.79 Å². The molecule has 0 atom stereocenters. The first kappa shape index (κ1) is 19.7. The van der Waals surface area contributed by atoms with E-state index in [9.17, 15) is 4.79 Å². The lowest BCUT2D eigenvalue weighted by Crippen LogP contribution is -2.44. The quantitative estimate of drug-likeness (QED) is 0.730. The van der Waals surface area contributed by atoms with E-state index in [-0.39, 0.29) is 5.91 Å². The lowest BCUT2D eigenvalue weighted by Gasteiger charge is -2.34. The Morgan fingerprint density at radius 3 is 2.29 bits per heavy atom. The van der Waals surface area contributed by atoms with Crippen LogP contribution in [0.15, 0.2) is 0 Å². The molecule has 0 aliphatic carbocycles. The summed E-state index contributed by atoms with van der Waals surface area (Å²) in [5.74, 6) is 1.01. The predicted molar refractivity (Wildman–Crippen MR) is 100 cm³/mol. The highest BCUT2D eigenvalue weighted by Gasteiger charge is 2.21. The van der Waals surface area contributed by atoms with Crippen LogP contribution >= 0.6 is 0 Å². The van der Waals surface area contributed by atoms with Gasteiger partial charge in [0.15, 0.2) is 0 Å². The molecule has 2 saturated heterocycles. The molecule has 5 heteroatoms. The normalized spacial score (nSPS) is 22.2. The number of hydrogen-bond donors (Lipinski definition) is 1. The summed E-state index contributed by atoms with van der Waals surface area (Å²) in [6.45, 7) is 13.6. The third-order valence-corrected chi connectivity index (χ3v) is 5.73. The molecule has 2 rings (SSSR count). The van der Waals surface area contributed by atoms with Gasteiger partial charge in [-0.15, -0.1) is 0 Å². The molecule has 2 aliphatic heterocycles. The Kier molecular flexibility index (Phi) is 8.50. The number of carbonyl (C=O) groups excluding carboxylic acids is 1. The molecule has 0 bridgehead atoms. The smallest absolute Gasteiger partial charge is 0.217 e. The van der Waals surface area contributed by atoms with Gasteiger partial charge >= 0.3 is 0 Å². The fourth-order valence-electron chi connectivity index (χ4n) is 4.17. The molecule has 5 nitrogen and oxygen atoms in total. The van der Waals surface area contributed by atoms with Crippen LogP contribution in [-0.2, 0) is 4.79 Å². The zero-order chi connectivity index (χ0) is 17.4. The molecule has 0 unspecified atom stereocenters. The summed E-state index contributed by atoms with van der Waals surface area (Å²) >= 11 is 0. The minimum absolute atomic E-state index is 0.111. The molecule has 24 heavy (non-hydrogen) atoms. The van der Waals surface area contributed by atoms with Gasteiger partial charge < -0.3 is 20.0 Å². The van der Waals surface area contributed by atoms with Crippen LogP contribution in [0.1, 0.15) is 46.0 Å². The molecule has 0 aromatic rings. The average Bonchev–Trinajstić information content (AvgIpc) is 2.57. The Hall–Kier alpha value is -0.650. The Morgan fingerprint density at radius 1 is 1.08 bits per heavy atom. The first-order valence-electron chi connectivity index (χ1n) is 9.97. The average molecular weight is 339 g/mol. The van der Waals surface area contributed by atoms with E-state index in [1.165, 1.54) is 58.5 Å². The van der Waals surface area contributed by atoms with Crippen LogP contribution in [0.4, 0.5) is 0 Å². The summed E-state index contributed by atoms with van der Waals surface area (Å²) in [5, 5.41) is 3.05. The highest BCUT2D eigenvalue weighted by molar-refractivity contribution is 5.73. The minimum Gasteiger partial charge on any atom is -0.354 e. The number of likely N-dealkylation sites (tertiary alicyclic amines) is 2. The number of hydrogen-bond acceptors (Lipinski definition) is 4. The highest BCUT2D eigenvalue weighted by Crippen LogP contribution is 2.18. The van der Waals surface area contributed by atoms with Crippen molar-refractivity contribution in [2.24, 2.45) is 5.92 Å². The number of amides is 1. The Morgan fingerprint density at radius 2 is 1.71 bits per heavy atom. The number of carbonyl (C=O) groups is 1. The van der Waals surface area contributed by atoms with E-state index in [1.54, 1.807) is 6.92 Å². The molecule has 0 aromatic carbocycles. The summed E-state index contributed by atoms with van der Waals surface area (Å²) in [7, 11) is 2.29. The van der Waals surface area contributed by atoms with E-state index in [4.69, 9.17) is 0 Å². The largest absolute Gasteiger partial charge is 0.354 e. The van der Waals surface area contributed by atoms with Crippen molar-refractivity contribution in [3.05, 3.63) is 0 Å². The fraction of sp³-hybridized carbons (Fsp3) is 0.947. The first-order chi connectivity index (χ1) is 11.6. The molecule has 0 spiro atoms. The zero-order valence-corrected chi connectivity index (χ0v) is 16.1. The second-order valence-corrected chi connectivity index (χ2v) is 7.81. The molecule has 1 N–H and O–H groups in total. The van der Waals surface area contributed by atoms with Crippen molar-refractivity contribution in [3.63, 3.8) is 0 Å². The van der Waals surface area contributed by atoms with Gasteiger partial charge in [-0.1, -0.05) is 6.92 Å². The summed E-state index contributed by atoms with van der Waals surface area (Å²) in [5.41, 5.74) is 0. The Labute approximate surface area is 148 Å². The van der Waals surface area contributed by atoms with E-state index in [1.807, 2.05) is 0 Å². The van der Waals surface area contributed by atoms with E-state index in [0.717, 1.165) is 31.8 Å². The summed E-state index contributed by atoms with van der Waals surface area (Å²) in [6, 6.07) is 0.399. The summed E-state index contributed by atoms with van der Waals surface area (Å²) in [6.07, 6.45) is 6.20. The van der Waals surface area contributed by atoms with Gasteiger partial charge in [0.2, 0.25) is 5.91 Å². The molecule has 1 amide bonds. The van der Waals surface area contributed by atoms with Crippen molar-refractivity contribution in [2.75, 3.05) is 59.4 Å². The highest BCUT2D eigenvalue weighted by atomic mass is 16.1. The van der Waals surface area contributed by atoms with Crippen molar-refractivity contribution in [1.82, 2.24) is 20.0 Å². The van der Waals surface area contributed by atoms with E-state index in [2.05, 4.69) is 34.0 Å². The maximum absolute atomic E-state index is 11.1. The van der Waals surface area contributed by atoms with Crippen molar-refractivity contribution >= 4 is 5.91 Å². The third-order valence-electron chi connectivity index (χ3n) is 5.73.